The van der Waals surface area contributed by atoms with E-state index in [1.54, 1.807) is 7.11 Å². The Morgan fingerprint density at radius 3 is 2.90 bits per heavy atom. The molecule has 0 aliphatic carbocycles. The van der Waals surface area contributed by atoms with E-state index in [0.29, 0.717) is 13.0 Å². The lowest BCUT2D eigenvalue weighted by Crippen LogP contribution is -2.38. The number of para-hydroxylation sites is 1. The van der Waals surface area contributed by atoms with Crippen molar-refractivity contribution >= 4 is 17.6 Å². The van der Waals surface area contributed by atoms with E-state index < -0.39 is 0 Å². The first-order valence-corrected chi connectivity index (χ1v) is 10.2. The molecule has 6 nitrogen and oxygen atoms in total. The lowest BCUT2D eigenvalue weighted by Gasteiger charge is -2.24. The van der Waals surface area contributed by atoms with Crippen molar-refractivity contribution in [3.63, 3.8) is 0 Å². The molecular weight excluding hydrogens is 364 g/mol. The summed E-state index contributed by atoms with van der Waals surface area (Å²) in [5, 5.41) is 9.63. The quantitative estimate of drug-likeness (QED) is 0.365. The number of fused-ring (bicyclic) bond motifs is 1. The molecule has 154 valence electrons. The van der Waals surface area contributed by atoms with Gasteiger partial charge in [-0.1, -0.05) is 30.3 Å². The van der Waals surface area contributed by atoms with Gasteiger partial charge in [0.1, 0.15) is 5.75 Å². The van der Waals surface area contributed by atoms with E-state index in [0.717, 1.165) is 48.9 Å². The van der Waals surface area contributed by atoms with E-state index in [9.17, 15) is 4.79 Å². The average Bonchev–Trinajstić information content (AvgIpc) is 2.74. The number of nitrogens with zero attached hydrogens (tertiary/aromatic N) is 1. The van der Waals surface area contributed by atoms with Gasteiger partial charge in [-0.15, -0.1) is 0 Å². The molecule has 1 atom stereocenters. The summed E-state index contributed by atoms with van der Waals surface area (Å²) >= 11 is 0. The van der Waals surface area contributed by atoms with E-state index >= 15 is 0 Å². The van der Waals surface area contributed by atoms with Gasteiger partial charge in [0, 0.05) is 31.1 Å². The normalized spacial score (nSPS) is 16.0. The molecule has 29 heavy (non-hydrogen) atoms. The number of methoxy groups -OCH3 is 1. The molecule has 3 rings (SSSR count). The monoisotopic (exact) mass is 394 g/mol. The van der Waals surface area contributed by atoms with Crippen molar-refractivity contribution in [1.82, 2.24) is 10.6 Å². The maximum atomic E-state index is 12.0. The van der Waals surface area contributed by atoms with Crippen LogP contribution in [-0.2, 0) is 11.2 Å². The van der Waals surface area contributed by atoms with Gasteiger partial charge in [-0.25, -0.2) is 0 Å². The Labute approximate surface area is 172 Å². The molecule has 1 aliphatic rings. The van der Waals surface area contributed by atoms with Crippen molar-refractivity contribution in [3.8, 4) is 5.75 Å². The molecular formula is C23H30N4O2. The molecule has 2 aromatic carbocycles. The first kappa shape index (κ1) is 20.7. The molecule has 0 fully saturated rings. The smallest absolute Gasteiger partial charge is 0.225 e. The fourth-order valence-corrected chi connectivity index (χ4v) is 3.54. The second-order valence-corrected chi connectivity index (χ2v) is 7.14. The Morgan fingerprint density at radius 2 is 2.07 bits per heavy atom. The maximum Gasteiger partial charge on any atom is 0.225 e. The summed E-state index contributed by atoms with van der Waals surface area (Å²) in [7, 11) is 1.69. The van der Waals surface area contributed by atoms with Crippen LogP contribution in [0.5, 0.6) is 5.75 Å². The highest BCUT2D eigenvalue weighted by molar-refractivity contribution is 5.94. The van der Waals surface area contributed by atoms with E-state index in [1.165, 1.54) is 5.56 Å². The van der Waals surface area contributed by atoms with Crippen LogP contribution < -0.4 is 20.7 Å². The number of guanidine groups is 1. The Hall–Kier alpha value is -3.02. The van der Waals surface area contributed by atoms with Gasteiger partial charge in [-0.05, 0) is 49.1 Å². The second-order valence-electron chi connectivity index (χ2n) is 7.14. The zero-order chi connectivity index (χ0) is 20.5. The Morgan fingerprint density at radius 1 is 1.21 bits per heavy atom. The van der Waals surface area contributed by atoms with Crippen molar-refractivity contribution in [2.45, 2.75) is 32.1 Å². The highest BCUT2D eigenvalue weighted by atomic mass is 16.5. The third kappa shape index (κ3) is 5.98. The third-order valence-corrected chi connectivity index (χ3v) is 4.99. The SMILES string of the molecule is CCNC(=NCC1CC(=O)Nc2ccccc21)NCCCc1cccc(OC)c1. The minimum Gasteiger partial charge on any atom is -0.497 e. The van der Waals surface area contributed by atoms with Crippen LogP contribution in [0.2, 0.25) is 0 Å². The second kappa shape index (κ2) is 10.5. The summed E-state index contributed by atoms with van der Waals surface area (Å²) < 4.78 is 5.28. The summed E-state index contributed by atoms with van der Waals surface area (Å²) in [4.78, 5) is 16.7. The zero-order valence-corrected chi connectivity index (χ0v) is 17.2. The Kier molecular flexibility index (Phi) is 7.50. The van der Waals surface area contributed by atoms with E-state index in [1.807, 2.05) is 30.3 Å². The number of anilines is 1. The highest BCUT2D eigenvalue weighted by Gasteiger charge is 2.24. The van der Waals surface area contributed by atoms with Crippen molar-refractivity contribution in [2.24, 2.45) is 4.99 Å². The molecule has 1 heterocycles. The van der Waals surface area contributed by atoms with E-state index in [4.69, 9.17) is 9.73 Å². The standard InChI is InChI=1S/C23H30N4O2/c1-3-24-23(25-13-7-9-17-8-6-10-19(14-17)29-2)26-16-18-15-22(28)27-21-12-5-4-11-20(18)21/h4-6,8,10-12,14,18H,3,7,9,13,15-16H2,1-2H3,(H,27,28)(H2,24,25,26). The third-order valence-electron chi connectivity index (χ3n) is 4.99. The van der Waals surface area contributed by atoms with Gasteiger partial charge in [0.25, 0.3) is 0 Å². The number of hydrogen-bond donors (Lipinski definition) is 3. The number of carbonyl (C=O) groups excluding carboxylic acids is 1. The molecule has 0 bridgehead atoms. The summed E-state index contributed by atoms with van der Waals surface area (Å²) in [5.74, 6) is 1.84. The Balaban J connectivity index is 1.54. The van der Waals surface area contributed by atoms with Crippen LogP contribution in [-0.4, -0.2) is 38.6 Å². The minimum absolute atomic E-state index is 0.0557. The molecule has 1 aliphatic heterocycles. The van der Waals surface area contributed by atoms with Crippen molar-refractivity contribution < 1.29 is 9.53 Å². The van der Waals surface area contributed by atoms with Crippen LogP contribution in [0.3, 0.4) is 0 Å². The van der Waals surface area contributed by atoms with Crippen LogP contribution in [0.25, 0.3) is 0 Å². The fraction of sp³-hybridized carbons (Fsp3) is 0.391. The highest BCUT2D eigenvalue weighted by Crippen LogP contribution is 2.31. The molecule has 6 heteroatoms. The number of nitrogens with one attached hydrogen (secondary N) is 3. The minimum atomic E-state index is 0.0557. The average molecular weight is 395 g/mol. The van der Waals surface area contributed by atoms with Crippen molar-refractivity contribution in [3.05, 3.63) is 59.7 Å². The molecule has 2 aromatic rings. The first-order valence-electron chi connectivity index (χ1n) is 10.2. The summed E-state index contributed by atoms with van der Waals surface area (Å²) in [6, 6.07) is 16.1. The lowest BCUT2D eigenvalue weighted by molar-refractivity contribution is -0.116. The van der Waals surface area contributed by atoms with Gasteiger partial charge in [-0.2, -0.15) is 0 Å². The van der Waals surface area contributed by atoms with Crippen LogP contribution in [0.4, 0.5) is 5.69 Å². The number of benzene rings is 2. The molecule has 1 amide bonds. The van der Waals surface area contributed by atoms with E-state index in [-0.39, 0.29) is 11.8 Å². The topological polar surface area (TPSA) is 74.8 Å². The summed E-state index contributed by atoms with van der Waals surface area (Å²) in [6.07, 6.45) is 2.43. The number of ether oxygens (including phenoxy) is 1. The van der Waals surface area contributed by atoms with Crippen LogP contribution >= 0.6 is 0 Å². The zero-order valence-electron chi connectivity index (χ0n) is 17.2. The van der Waals surface area contributed by atoms with Gasteiger partial charge in [0.2, 0.25) is 5.91 Å². The lowest BCUT2D eigenvalue weighted by atomic mass is 9.91. The molecule has 0 saturated carbocycles. The van der Waals surface area contributed by atoms with Gasteiger partial charge >= 0.3 is 0 Å². The summed E-state index contributed by atoms with van der Waals surface area (Å²) in [5.41, 5.74) is 3.32. The number of carbonyl (C=O) groups is 1. The van der Waals surface area contributed by atoms with Gasteiger partial charge in [0.05, 0.1) is 13.7 Å². The number of aryl methyl sites for hydroxylation is 1. The first-order chi connectivity index (χ1) is 14.2. The van der Waals surface area contributed by atoms with Crippen molar-refractivity contribution in [1.29, 1.82) is 0 Å². The summed E-state index contributed by atoms with van der Waals surface area (Å²) in [6.45, 7) is 4.25. The van der Waals surface area contributed by atoms with Gasteiger partial charge in [0.15, 0.2) is 5.96 Å². The number of amides is 1. The molecule has 0 spiro atoms. The molecule has 3 N–H and O–H groups in total. The van der Waals surface area contributed by atoms with Gasteiger partial charge in [-0.3, -0.25) is 9.79 Å². The van der Waals surface area contributed by atoms with Crippen molar-refractivity contribution in [2.75, 3.05) is 32.1 Å². The molecule has 0 saturated heterocycles. The maximum absolute atomic E-state index is 12.0. The Bertz CT molecular complexity index is 850. The van der Waals surface area contributed by atoms with Gasteiger partial charge < -0.3 is 20.7 Å². The molecule has 1 unspecified atom stereocenters. The number of hydrogen-bond acceptors (Lipinski definition) is 3. The predicted molar refractivity (Wildman–Crippen MR) is 118 cm³/mol. The number of aliphatic imine (C=N–C) groups is 1. The largest absolute Gasteiger partial charge is 0.497 e. The van der Waals surface area contributed by atoms with Crippen LogP contribution in [0.15, 0.2) is 53.5 Å². The predicted octanol–water partition coefficient (Wildman–Crippen LogP) is 3.31. The molecule has 0 radical (unpaired) electrons. The van der Waals surface area contributed by atoms with E-state index in [2.05, 4.69) is 41.1 Å². The fourth-order valence-electron chi connectivity index (χ4n) is 3.54. The molecule has 0 aromatic heterocycles. The van der Waals surface area contributed by atoms with Crippen LogP contribution in [0.1, 0.15) is 36.8 Å². The number of rotatable bonds is 8. The van der Waals surface area contributed by atoms with Crippen LogP contribution in [0, 0.1) is 0 Å².